The molecule has 0 bridgehead atoms. The highest BCUT2D eigenvalue weighted by Gasteiger charge is 2.33. The third-order valence-corrected chi connectivity index (χ3v) is 6.07. The van der Waals surface area contributed by atoms with Crippen LogP contribution in [0.2, 0.25) is 0 Å². The van der Waals surface area contributed by atoms with E-state index < -0.39 is 29.2 Å². The van der Waals surface area contributed by atoms with Crippen LogP contribution in [0.3, 0.4) is 0 Å². The van der Waals surface area contributed by atoms with Crippen molar-refractivity contribution in [3.63, 3.8) is 0 Å². The molecule has 1 nitrogen and oxygen atoms in total. The second-order valence-electron chi connectivity index (χ2n) is 8.63. The molecule has 0 heterocycles. The van der Waals surface area contributed by atoms with Gasteiger partial charge in [-0.2, -0.15) is 13.2 Å². The Morgan fingerprint density at radius 3 is 2.28 bits per heavy atom. The smallest absolute Gasteiger partial charge is 0.419 e. The number of fused-ring (bicyclic) bond motifs is 1. The van der Waals surface area contributed by atoms with Crippen LogP contribution in [0.15, 0.2) is 66.7 Å². The van der Waals surface area contributed by atoms with Crippen LogP contribution in [0, 0.1) is 17.5 Å². The van der Waals surface area contributed by atoms with E-state index in [2.05, 4.69) is 0 Å². The van der Waals surface area contributed by atoms with E-state index in [9.17, 15) is 22.0 Å². The van der Waals surface area contributed by atoms with Crippen molar-refractivity contribution in [2.45, 2.75) is 38.8 Å². The Morgan fingerprint density at radius 1 is 0.778 bits per heavy atom. The van der Waals surface area contributed by atoms with E-state index >= 15 is 4.39 Å². The van der Waals surface area contributed by atoms with Gasteiger partial charge in [0.15, 0.2) is 0 Å². The molecule has 0 atom stereocenters. The van der Waals surface area contributed by atoms with Gasteiger partial charge in [0.05, 0.1) is 12.2 Å². The summed E-state index contributed by atoms with van der Waals surface area (Å²) in [5.74, 6) is -1.80. The number of ether oxygens (including phenoxy) is 1. The van der Waals surface area contributed by atoms with Gasteiger partial charge in [0, 0.05) is 17.0 Å². The van der Waals surface area contributed by atoms with Gasteiger partial charge in [0.2, 0.25) is 0 Å². The van der Waals surface area contributed by atoms with Crippen LogP contribution in [0.5, 0.6) is 5.75 Å². The molecule has 0 aliphatic heterocycles. The van der Waals surface area contributed by atoms with Crippen LogP contribution in [0.1, 0.15) is 36.5 Å². The average Bonchev–Trinajstić information content (AvgIpc) is 2.83. The normalized spacial score (nSPS) is 11.8. The van der Waals surface area contributed by atoms with E-state index in [0.29, 0.717) is 51.4 Å². The molecule has 4 aromatic carbocycles. The zero-order valence-electron chi connectivity index (χ0n) is 19.6. The molecule has 0 aromatic heterocycles. The second kappa shape index (κ2) is 10.6. The number of halogens is 6. The molecule has 0 saturated heterocycles. The van der Waals surface area contributed by atoms with Gasteiger partial charge in [-0.05, 0) is 71.7 Å². The fourth-order valence-electron chi connectivity index (χ4n) is 4.07. The maximum Gasteiger partial charge on any atom is 0.419 e. The summed E-state index contributed by atoms with van der Waals surface area (Å²) in [6.45, 7) is 2.56. The van der Waals surface area contributed by atoms with Crippen molar-refractivity contribution in [2.24, 2.45) is 0 Å². The number of unbranched alkanes of at least 4 members (excludes halogenated alkanes) is 1. The van der Waals surface area contributed by atoms with Crippen LogP contribution >= 0.6 is 0 Å². The lowest BCUT2D eigenvalue weighted by atomic mass is 9.96. The Morgan fingerprint density at radius 2 is 1.58 bits per heavy atom. The van der Waals surface area contributed by atoms with Crippen molar-refractivity contribution in [1.29, 1.82) is 0 Å². The molecular formula is C29H24F6O. The zero-order chi connectivity index (χ0) is 25.9. The van der Waals surface area contributed by atoms with E-state index in [1.807, 2.05) is 6.92 Å². The topological polar surface area (TPSA) is 9.23 Å². The zero-order valence-corrected chi connectivity index (χ0v) is 19.6. The molecule has 4 rings (SSSR count). The van der Waals surface area contributed by atoms with Crippen LogP contribution in [-0.2, 0) is 19.0 Å². The highest BCUT2D eigenvalue weighted by molar-refractivity contribution is 5.88. The van der Waals surface area contributed by atoms with Crippen molar-refractivity contribution in [3.8, 4) is 16.9 Å². The molecule has 0 fully saturated rings. The highest BCUT2D eigenvalue weighted by Crippen LogP contribution is 2.33. The summed E-state index contributed by atoms with van der Waals surface area (Å²) in [4.78, 5) is 0. The molecular weight excluding hydrogens is 478 g/mol. The Labute approximate surface area is 205 Å². The quantitative estimate of drug-likeness (QED) is 0.173. The van der Waals surface area contributed by atoms with E-state index in [-0.39, 0.29) is 12.8 Å². The van der Waals surface area contributed by atoms with Crippen molar-refractivity contribution < 1.29 is 31.1 Å². The highest BCUT2D eigenvalue weighted by atomic mass is 19.4. The Balaban J connectivity index is 1.52. The lowest BCUT2D eigenvalue weighted by molar-refractivity contribution is -0.140. The summed E-state index contributed by atoms with van der Waals surface area (Å²) in [6.07, 6.45) is -2.55. The molecule has 0 amide bonds. The maximum absolute atomic E-state index is 15.2. The summed E-state index contributed by atoms with van der Waals surface area (Å²) < 4.78 is 87.5. The number of alkyl halides is 3. The number of hydrogen-bond acceptors (Lipinski definition) is 1. The van der Waals surface area contributed by atoms with E-state index in [4.69, 9.17) is 4.74 Å². The van der Waals surface area contributed by atoms with Gasteiger partial charge in [-0.25, -0.2) is 13.2 Å². The lowest BCUT2D eigenvalue weighted by Crippen LogP contribution is -2.08. The SMILES string of the molecule is CCCCOc1ccc(-c2ccc3c(F)c(CCc4ccc(C(F)(F)F)c(F)c4)ccc3c2)c(F)c1. The molecule has 7 heteroatoms. The third-order valence-electron chi connectivity index (χ3n) is 6.07. The first kappa shape index (κ1) is 25.6. The number of rotatable bonds is 8. The molecule has 0 radical (unpaired) electrons. The number of hydrogen-bond donors (Lipinski definition) is 0. The van der Waals surface area contributed by atoms with Gasteiger partial charge in [0.25, 0.3) is 0 Å². The van der Waals surface area contributed by atoms with Crippen LogP contribution < -0.4 is 4.74 Å². The van der Waals surface area contributed by atoms with Crippen molar-refractivity contribution in [1.82, 2.24) is 0 Å². The molecule has 36 heavy (non-hydrogen) atoms. The largest absolute Gasteiger partial charge is 0.493 e. The molecule has 0 N–H and O–H groups in total. The number of benzene rings is 4. The summed E-state index contributed by atoms with van der Waals surface area (Å²) in [7, 11) is 0. The molecule has 188 valence electrons. The summed E-state index contributed by atoms with van der Waals surface area (Å²) in [6, 6.07) is 15.6. The predicted octanol–water partition coefficient (Wildman–Crippen LogP) is 8.91. The van der Waals surface area contributed by atoms with Gasteiger partial charge < -0.3 is 4.74 Å². The minimum Gasteiger partial charge on any atom is -0.493 e. The molecule has 0 saturated carbocycles. The van der Waals surface area contributed by atoms with Gasteiger partial charge in [0.1, 0.15) is 23.2 Å². The minimum absolute atomic E-state index is 0.174. The van der Waals surface area contributed by atoms with E-state index in [1.165, 1.54) is 12.1 Å². The van der Waals surface area contributed by atoms with Gasteiger partial charge >= 0.3 is 6.18 Å². The van der Waals surface area contributed by atoms with Crippen molar-refractivity contribution >= 4 is 10.8 Å². The van der Waals surface area contributed by atoms with Crippen LogP contribution in [0.25, 0.3) is 21.9 Å². The van der Waals surface area contributed by atoms with Crippen LogP contribution in [0.4, 0.5) is 26.3 Å². The Bertz CT molecular complexity index is 1380. The summed E-state index contributed by atoms with van der Waals surface area (Å²) in [5.41, 5.74) is 0.332. The van der Waals surface area contributed by atoms with Crippen LogP contribution in [-0.4, -0.2) is 6.61 Å². The van der Waals surface area contributed by atoms with Crippen molar-refractivity contribution in [2.75, 3.05) is 6.61 Å². The fraction of sp³-hybridized carbons (Fsp3) is 0.241. The fourth-order valence-corrected chi connectivity index (χ4v) is 4.07. The summed E-state index contributed by atoms with van der Waals surface area (Å²) >= 11 is 0. The van der Waals surface area contributed by atoms with E-state index in [0.717, 1.165) is 18.9 Å². The molecule has 0 unspecified atom stereocenters. The average molecular weight is 502 g/mol. The minimum atomic E-state index is -4.76. The molecule has 0 aliphatic rings. The monoisotopic (exact) mass is 502 g/mol. The second-order valence-corrected chi connectivity index (χ2v) is 8.63. The maximum atomic E-state index is 15.2. The lowest BCUT2D eigenvalue weighted by Gasteiger charge is -2.11. The van der Waals surface area contributed by atoms with Gasteiger partial charge in [-0.3, -0.25) is 0 Å². The Kier molecular flexibility index (Phi) is 7.57. The van der Waals surface area contributed by atoms with Gasteiger partial charge in [-0.1, -0.05) is 43.7 Å². The van der Waals surface area contributed by atoms with Gasteiger partial charge in [-0.15, -0.1) is 0 Å². The molecule has 0 spiro atoms. The first-order valence-electron chi connectivity index (χ1n) is 11.7. The summed E-state index contributed by atoms with van der Waals surface area (Å²) in [5, 5.41) is 0.923. The standard InChI is InChI=1S/C29H24F6O/c1-2-3-14-36-22-10-12-23(26(30)17-22)20-9-11-24-21(16-20)8-7-19(28(24)32)6-4-18-5-13-25(27(31)15-18)29(33,34)35/h5,7-13,15-17H,2-4,6,14H2,1H3. The number of aryl methyl sites for hydroxylation is 2. The first-order valence-corrected chi connectivity index (χ1v) is 11.7. The molecule has 0 aliphatic carbocycles. The molecule has 4 aromatic rings. The third kappa shape index (κ3) is 5.66. The Hall–Kier alpha value is -3.48. The first-order chi connectivity index (χ1) is 17.2. The van der Waals surface area contributed by atoms with Crippen molar-refractivity contribution in [3.05, 3.63) is 101 Å². The van der Waals surface area contributed by atoms with E-state index in [1.54, 1.807) is 42.5 Å². The predicted molar refractivity (Wildman–Crippen MR) is 129 cm³/mol.